The molecule has 0 spiro atoms. The number of para-hydroxylation sites is 2. The van der Waals surface area contributed by atoms with E-state index in [2.05, 4.69) is 16.3 Å². The van der Waals surface area contributed by atoms with Crippen molar-refractivity contribution >= 4 is 17.5 Å². The highest BCUT2D eigenvalue weighted by molar-refractivity contribution is 5.96. The Bertz CT molecular complexity index is 1310. The van der Waals surface area contributed by atoms with Crippen LogP contribution in [0.5, 0.6) is 11.5 Å². The van der Waals surface area contributed by atoms with E-state index in [0.29, 0.717) is 29.3 Å². The molecule has 4 rings (SSSR count). The first-order chi connectivity index (χ1) is 19.0. The van der Waals surface area contributed by atoms with Crippen LogP contribution in [0.3, 0.4) is 0 Å². The predicted octanol–water partition coefficient (Wildman–Crippen LogP) is 4.68. The summed E-state index contributed by atoms with van der Waals surface area (Å²) in [6.07, 6.45) is 2.36. The fourth-order valence-electron chi connectivity index (χ4n) is 4.69. The van der Waals surface area contributed by atoms with E-state index in [-0.39, 0.29) is 37.4 Å². The molecule has 1 saturated heterocycles. The van der Waals surface area contributed by atoms with Crippen molar-refractivity contribution in [2.24, 2.45) is 5.73 Å². The molecule has 0 bridgehead atoms. The topological polar surface area (TPSA) is 112 Å². The van der Waals surface area contributed by atoms with Crippen molar-refractivity contribution in [1.29, 1.82) is 5.26 Å². The Kier molecular flexibility index (Phi) is 9.68. The van der Waals surface area contributed by atoms with E-state index in [4.69, 9.17) is 15.7 Å². The van der Waals surface area contributed by atoms with Gasteiger partial charge in [-0.1, -0.05) is 36.4 Å². The zero-order chi connectivity index (χ0) is 27.6. The Labute approximate surface area is 230 Å². The van der Waals surface area contributed by atoms with E-state index < -0.39 is 0 Å². The first-order valence-corrected chi connectivity index (χ1v) is 13.4. The molecule has 2 amide bonds. The second kappa shape index (κ2) is 13.6. The number of carbonyl (C=O) groups is 2. The molecule has 1 atom stereocenters. The van der Waals surface area contributed by atoms with E-state index in [1.807, 2.05) is 67.6 Å². The summed E-state index contributed by atoms with van der Waals surface area (Å²) in [5.41, 5.74) is 8.73. The number of anilines is 1. The number of nitriles is 1. The highest BCUT2D eigenvalue weighted by Gasteiger charge is 2.23. The standard InChI is InChI=1S/C31H35N5O3/c1-23(35-17-4-5-18-35)34-30(37)15-16-31(38)36(22-25-13-11-24(20-32)12-14-25)28-9-2-3-10-29(28)39-27-8-6-7-26(19-27)21-33/h2-3,6-14,19,23H,4-5,15-18,21-22,33H2,1H3,(H,34,37). The quantitative estimate of drug-likeness (QED) is 0.376. The first-order valence-electron chi connectivity index (χ1n) is 13.4. The molecular weight excluding hydrogens is 490 g/mol. The van der Waals surface area contributed by atoms with E-state index in [1.54, 1.807) is 17.0 Å². The average molecular weight is 526 g/mol. The minimum absolute atomic E-state index is 0.0474. The van der Waals surface area contributed by atoms with Gasteiger partial charge in [-0.2, -0.15) is 5.26 Å². The van der Waals surface area contributed by atoms with Crippen molar-refractivity contribution in [1.82, 2.24) is 10.2 Å². The maximum atomic E-state index is 13.6. The molecule has 1 aliphatic heterocycles. The summed E-state index contributed by atoms with van der Waals surface area (Å²) in [5.74, 6) is 0.784. The van der Waals surface area contributed by atoms with Gasteiger partial charge in [-0.25, -0.2) is 0 Å². The summed E-state index contributed by atoms with van der Waals surface area (Å²) < 4.78 is 6.22. The molecule has 1 heterocycles. The van der Waals surface area contributed by atoms with Crippen LogP contribution in [0, 0.1) is 11.3 Å². The van der Waals surface area contributed by atoms with Gasteiger partial charge in [-0.3, -0.25) is 14.5 Å². The van der Waals surface area contributed by atoms with Gasteiger partial charge in [0.05, 0.1) is 30.0 Å². The molecule has 0 aromatic heterocycles. The van der Waals surface area contributed by atoms with Crippen LogP contribution >= 0.6 is 0 Å². The highest BCUT2D eigenvalue weighted by Crippen LogP contribution is 2.34. The second-order valence-corrected chi connectivity index (χ2v) is 9.70. The van der Waals surface area contributed by atoms with Crippen LogP contribution in [-0.4, -0.2) is 36.0 Å². The number of ether oxygens (including phenoxy) is 1. The van der Waals surface area contributed by atoms with Crippen LogP contribution in [0.2, 0.25) is 0 Å². The maximum Gasteiger partial charge on any atom is 0.227 e. The number of likely N-dealkylation sites (tertiary alicyclic amines) is 1. The Morgan fingerprint density at radius 3 is 2.49 bits per heavy atom. The number of nitrogens with two attached hydrogens (primary N) is 1. The number of rotatable bonds is 11. The van der Waals surface area contributed by atoms with Crippen LogP contribution in [0.1, 0.15) is 49.3 Å². The molecular formula is C31H35N5O3. The normalized spacial score (nSPS) is 13.9. The maximum absolute atomic E-state index is 13.6. The molecule has 1 unspecified atom stereocenters. The Hall–Kier alpha value is -4.19. The Morgan fingerprint density at radius 2 is 1.77 bits per heavy atom. The van der Waals surface area contributed by atoms with Gasteiger partial charge >= 0.3 is 0 Å². The molecule has 0 saturated carbocycles. The van der Waals surface area contributed by atoms with Crippen molar-refractivity contribution in [2.75, 3.05) is 18.0 Å². The lowest BCUT2D eigenvalue weighted by Gasteiger charge is -2.26. The van der Waals surface area contributed by atoms with Crippen molar-refractivity contribution < 1.29 is 14.3 Å². The van der Waals surface area contributed by atoms with Crippen LogP contribution in [0.15, 0.2) is 72.8 Å². The zero-order valence-corrected chi connectivity index (χ0v) is 22.3. The first kappa shape index (κ1) is 27.8. The van der Waals surface area contributed by atoms with E-state index in [0.717, 1.165) is 37.1 Å². The number of carbonyl (C=O) groups excluding carboxylic acids is 2. The Morgan fingerprint density at radius 1 is 1.03 bits per heavy atom. The molecule has 3 N–H and O–H groups in total. The predicted molar refractivity (Wildman–Crippen MR) is 151 cm³/mol. The van der Waals surface area contributed by atoms with Crippen molar-refractivity contribution in [3.8, 4) is 17.6 Å². The van der Waals surface area contributed by atoms with Gasteiger partial charge in [0.2, 0.25) is 11.8 Å². The van der Waals surface area contributed by atoms with Crippen molar-refractivity contribution in [3.63, 3.8) is 0 Å². The van der Waals surface area contributed by atoms with Gasteiger partial charge in [0, 0.05) is 32.5 Å². The number of benzene rings is 3. The second-order valence-electron chi connectivity index (χ2n) is 9.70. The van der Waals surface area contributed by atoms with E-state index in [1.165, 1.54) is 0 Å². The number of nitrogens with zero attached hydrogens (tertiary/aromatic N) is 3. The lowest BCUT2D eigenvalue weighted by Crippen LogP contribution is -2.45. The summed E-state index contributed by atoms with van der Waals surface area (Å²) in [7, 11) is 0. The number of hydrogen-bond acceptors (Lipinski definition) is 6. The minimum atomic E-state index is -0.199. The van der Waals surface area contributed by atoms with Gasteiger partial charge in [-0.05, 0) is 67.3 Å². The molecule has 8 nitrogen and oxygen atoms in total. The third-order valence-corrected chi connectivity index (χ3v) is 6.87. The van der Waals surface area contributed by atoms with Gasteiger partial charge in [-0.15, -0.1) is 0 Å². The molecule has 3 aromatic rings. The zero-order valence-electron chi connectivity index (χ0n) is 22.3. The van der Waals surface area contributed by atoms with Crippen LogP contribution in [0.4, 0.5) is 5.69 Å². The molecule has 8 heteroatoms. The molecule has 0 aliphatic carbocycles. The van der Waals surface area contributed by atoms with Gasteiger partial charge in [0.15, 0.2) is 5.75 Å². The fraction of sp³-hybridized carbons (Fsp3) is 0.323. The van der Waals surface area contributed by atoms with E-state index >= 15 is 0 Å². The molecule has 3 aromatic carbocycles. The van der Waals surface area contributed by atoms with Crippen LogP contribution in [-0.2, 0) is 22.7 Å². The van der Waals surface area contributed by atoms with Crippen molar-refractivity contribution in [2.45, 2.75) is 51.9 Å². The number of nitrogens with one attached hydrogen (secondary N) is 1. The lowest BCUT2D eigenvalue weighted by molar-refractivity contribution is -0.126. The monoisotopic (exact) mass is 525 g/mol. The number of amides is 2. The molecule has 202 valence electrons. The molecule has 39 heavy (non-hydrogen) atoms. The lowest BCUT2D eigenvalue weighted by atomic mass is 10.1. The molecule has 0 radical (unpaired) electrons. The van der Waals surface area contributed by atoms with Crippen LogP contribution < -0.4 is 20.7 Å². The average Bonchev–Trinajstić information content (AvgIpc) is 3.51. The Balaban J connectivity index is 1.53. The van der Waals surface area contributed by atoms with Gasteiger partial charge < -0.3 is 20.7 Å². The third-order valence-electron chi connectivity index (χ3n) is 6.87. The minimum Gasteiger partial charge on any atom is -0.455 e. The molecule has 1 aliphatic rings. The third kappa shape index (κ3) is 7.66. The van der Waals surface area contributed by atoms with Gasteiger partial charge in [0.1, 0.15) is 5.75 Å². The van der Waals surface area contributed by atoms with Crippen molar-refractivity contribution in [3.05, 3.63) is 89.5 Å². The smallest absolute Gasteiger partial charge is 0.227 e. The summed E-state index contributed by atoms with van der Waals surface area (Å²) in [5, 5.41) is 12.2. The summed E-state index contributed by atoms with van der Waals surface area (Å²) in [6.45, 7) is 4.59. The van der Waals surface area contributed by atoms with Crippen LogP contribution in [0.25, 0.3) is 0 Å². The fourth-order valence-corrected chi connectivity index (χ4v) is 4.69. The summed E-state index contributed by atoms with van der Waals surface area (Å²) in [6, 6.07) is 24.1. The largest absolute Gasteiger partial charge is 0.455 e. The summed E-state index contributed by atoms with van der Waals surface area (Å²) >= 11 is 0. The number of hydrogen-bond donors (Lipinski definition) is 2. The van der Waals surface area contributed by atoms with Gasteiger partial charge in [0.25, 0.3) is 0 Å². The molecule has 1 fully saturated rings. The SMILES string of the molecule is CC(NC(=O)CCC(=O)N(Cc1ccc(C#N)cc1)c1ccccc1Oc1cccc(CN)c1)N1CCCC1. The highest BCUT2D eigenvalue weighted by atomic mass is 16.5. The van der Waals surface area contributed by atoms with E-state index in [9.17, 15) is 9.59 Å². The summed E-state index contributed by atoms with van der Waals surface area (Å²) in [4.78, 5) is 30.2.